The second-order valence-electron chi connectivity index (χ2n) is 4.89. The Balaban J connectivity index is 2.42. The van der Waals surface area contributed by atoms with Gasteiger partial charge in [-0.25, -0.2) is 0 Å². The van der Waals surface area contributed by atoms with Crippen LogP contribution in [0, 0.1) is 33.1 Å². The summed E-state index contributed by atoms with van der Waals surface area (Å²) >= 11 is 0. The van der Waals surface area contributed by atoms with Gasteiger partial charge in [0, 0.05) is 6.42 Å². The highest BCUT2D eigenvalue weighted by Crippen LogP contribution is 2.20. The summed E-state index contributed by atoms with van der Waals surface area (Å²) in [6, 6.07) is 4.45. The number of hydrogen-bond donors (Lipinski definition) is 0. The molecule has 0 bridgehead atoms. The summed E-state index contributed by atoms with van der Waals surface area (Å²) in [4.78, 5) is 0. The molecule has 0 heterocycles. The Labute approximate surface area is 106 Å². The minimum atomic E-state index is 0.822. The predicted molar refractivity (Wildman–Crippen MR) is 74.6 cm³/mol. The molecule has 1 radical (unpaired) electrons. The van der Waals surface area contributed by atoms with Crippen molar-refractivity contribution in [2.45, 2.75) is 59.3 Å². The Morgan fingerprint density at radius 2 is 1.59 bits per heavy atom. The molecule has 0 aromatic heterocycles. The lowest BCUT2D eigenvalue weighted by atomic mass is 9.94. The molecule has 0 aliphatic rings. The van der Waals surface area contributed by atoms with Crippen LogP contribution in [-0.2, 0) is 6.42 Å². The van der Waals surface area contributed by atoms with Gasteiger partial charge >= 0.3 is 0 Å². The Kier molecular flexibility index (Phi) is 5.84. The molecule has 0 fully saturated rings. The highest BCUT2D eigenvalue weighted by atomic mass is 14.1. The van der Waals surface area contributed by atoms with Gasteiger partial charge in [-0.15, -0.1) is 0 Å². The van der Waals surface area contributed by atoms with E-state index in [1.165, 1.54) is 42.4 Å². The summed E-state index contributed by atoms with van der Waals surface area (Å²) in [5.41, 5.74) is 5.85. The zero-order valence-corrected chi connectivity index (χ0v) is 11.4. The lowest BCUT2D eigenvalue weighted by molar-refractivity contribution is 0.648. The molecule has 0 saturated carbocycles. The third kappa shape index (κ3) is 4.27. The van der Waals surface area contributed by atoms with E-state index in [4.69, 9.17) is 6.42 Å². The van der Waals surface area contributed by atoms with Gasteiger partial charge in [-0.3, -0.25) is 0 Å². The molecule has 0 saturated heterocycles. The number of aryl methyl sites for hydroxylation is 2. The maximum absolute atomic E-state index is 6.85. The van der Waals surface area contributed by atoms with Gasteiger partial charge in [-0.2, -0.15) is 0 Å². The fourth-order valence-corrected chi connectivity index (χ4v) is 2.26. The van der Waals surface area contributed by atoms with Gasteiger partial charge in [0.1, 0.15) is 0 Å². The Morgan fingerprint density at radius 3 is 2.29 bits per heavy atom. The van der Waals surface area contributed by atoms with E-state index in [0.717, 1.165) is 12.8 Å². The largest absolute Gasteiger partial charge is 0.0891 e. The Hall–Kier alpha value is -1.22. The standard InChI is InChI=1S/C17H23/c1-5-6-7-8-9-10-11-17-15(3)13-12-14(2)16(17)4/h12-13H,6-11H2,2-4H3. The summed E-state index contributed by atoms with van der Waals surface area (Å²) in [5, 5.41) is 0. The first kappa shape index (κ1) is 13.8. The molecule has 0 aliphatic heterocycles. The van der Waals surface area contributed by atoms with Crippen molar-refractivity contribution in [2.75, 3.05) is 0 Å². The van der Waals surface area contributed by atoms with Crippen molar-refractivity contribution in [1.29, 1.82) is 0 Å². The lowest BCUT2D eigenvalue weighted by Gasteiger charge is -2.12. The third-order valence-electron chi connectivity index (χ3n) is 3.58. The average Bonchev–Trinajstić information content (AvgIpc) is 2.32. The first-order valence-electron chi connectivity index (χ1n) is 6.62. The molecule has 1 aromatic rings. The average molecular weight is 227 g/mol. The summed E-state index contributed by atoms with van der Waals surface area (Å²) < 4.78 is 0. The van der Waals surface area contributed by atoms with Gasteiger partial charge in [-0.05, 0) is 68.7 Å². The van der Waals surface area contributed by atoms with Crippen LogP contribution in [0.4, 0.5) is 0 Å². The molecule has 1 rings (SSSR count). The third-order valence-corrected chi connectivity index (χ3v) is 3.58. The molecule has 0 amide bonds. The smallest absolute Gasteiger partial charge is 0.00989 e. The summed E-state index contributed by atoms with van der Waals surface area (Å²) in [5.74, 6) is 2.45. The van der Waals surface area contributed by atoms with Crippen molar-refractivity contribution < 1.29 is 0 Å². The zero-order chi connectivity index (χ0) is 12.7. The van der Waals surface area contributed by atoms with Gasteiger partial charge in [0.15, 0.2) is 0 Å². The summed E-state index contributed by atoms with van der Waals surface area (Å²) in [6.07, 6.45) is 13.8. The number of rotatable bonds is 6. The topological polar surface area (TPSA) is 0 Å². The van der Waals surface area contributed by atoms with E-state index in [0.29, 0.717) is 0 Å². The van der Waals surface area contributed by atoms with Gasteiger partial charge in [0.2, 0.25) is 0 Å². The molecule has 0 N–H and O–H groups in total. The van der Waals surface area contributed by atoms with Crippen LogP contribution in [0.1, 0.15) is 54.4 Å². The molecule has 17 heavy (non-hydrogen) atoms. The molecular weight excluding hydrogens is 204 g/mol. The highest BCUT2D eigenvalue weighted by molar-refractivity contribution is 5.39. The van der Waals surface area contributed by atoms with Gasteiger partial charge < -0.3 is 0 Å². The van der Waals surface area contributed by atoms with Crippen LogP contribution < -0.4 is 0 Å². The normalized spacial score (nSPS) is 10.2. The van der Waals surface area contributed by atoms with E-state index >= 15 is 0 Å². The van der Waals surface area contributed by atoms with E-state index in [2.05, 4.69) is 38.8 Å². The molecule has 0 atom stereocenters. The first-order valence-corrected chi connectivity index (χ1v) is 6.62. The SMILES string of the molecule is [C]#CCCCCCCc1c(C)ccc(C)c1C. The van der Waals surface area contributed by atoms with Crippen molar-refractivity contribution in [2.24, 2.45) is 0 Å². The van der Waals surface area contributed by atoms with Crippen LogP contribution in [0.2, 0.25) is 0 Å². The van der Waals surface area contributed by atoms with Crippen LogP contribution in [0.3, 0.4) is 0 Å². The Morgan fingerprint density at radius 1 is 0.941 bits per heavy atom. The van der Waals surface area contributed by atoms with Crippen LogP contribution in [0.25, 0.3) is 0 Å². The number of benzene rings is 1. The van der Waals surface area contributed by atoms with Crippen LogP contribution in [0.15, 0.2) is 12.1 Å². The van der Waals surface area contributed by atoms with Crippen molar-refractivity contribution >= 4 is 0 Å². The van der Waals surface area contributed by atoms with E-state index in [-0.39, 0.29) is 0 Å². The van der Waals surface area contributed by atoms with Crippen LogP contribution in [0.5, 0.6) is 0 Å². The maximum Gasteiger partial charge on any atom is 0.00989 e. The quantitative estimate of drug-likeness (QED) is 0.488. The second kappa shape index (κ2) is 7.17. The van der Waals surface area contributed by atoms with Crippen LogP contribution in [-0.4, -0.2) is 0 Å². The number of hydrogen-bond acceptors (Lipinski definition) is 0. The van der Waals surface area contributed by atoms with Gasteiger partial charge in [0.05, 0.1) is 0 Å². The molecular formula is C17H23. The van der Waals surface area contributed by atoms with Gasteiger partial charge in [-0.1, -0.05) is 30.9 Å². The zero-order valence-electron chi connectivity index (χ0n) is 11.4. The van der Waals surface area contributed by atoms with E-state index in [1.54, 1.807) is 5.56 Å². The maximum atomic E-state index is 6.85. The van der Waals surface area contributed by atoms with E-state index in [1.807, 2.05) is 0 Å². The molecule has 91 valence electrons. The Bertz CT molecular complexity index is 393. The minimum Gasteiger partial charge on any atom is -0.0891 e. The monoisotopic (exact) mass is 227 g/mol. The molecule has 0 unspecified atom stereocenters. The van der Waals surface area contributed by atoms with Gasteiger partial charge in [0.25, 0.3) is 0 Å². The fourth-order valence-electron chi connectivity index (χ4n) is 2.26. The predicted octanol–water partition coefficient (Wildman–Crippen LogP) is 4.69. The molecule has 1 aromatic carbocycles. The molecule has 0 aliphatic carbocycles. The fraction of sp³-hybridized carbons (Fsp3) is 0.529. The highest BCUT2D eigenvalue weighted by Gasteiger charge is 2.04. The summed E-state index contributed by atoms with van der Waals surface area (Å²) in [7, 11) is 0. The summed E-state index contributed by atoms with van der Waals surface area (Å²) in [6.45, 7) is 6.64. The first-order chi connectivity index (χ1) is 8.16. The second-order valence-corrected chi connectivity index (χ2v) is 4.89. The number of unbranched alkanes of at least 4 members (excludes halogenated alkanes) is 4. The minimum absolute atomic E-state index is 0.822. The van der Waals surface area contributed by atoms with Crippen LogP contribution >= 0.6 is 0 Å². The molecule has 0 spiro atoms. The molecule has 0 heteroatoms. The van der Waals surface area contributed by atoms with Crippen molar-refractivity contribution in [3.63, 3.8) is 0 Å². The van der Waals surface area contributed by atoms with E-state index in [9.17, 15) is 0 Å². The van der Waals surface area contributed by atoms with Crippen molar-refractivity contribution in [3.05, 3.63) is 40.8 Å². The molecule has 0 nitrogen and oxygen atoms in total. The lowest BCUT2D eigenvalue weighted by Crippen LogP contribution is -1.96. The van der Waals surface area contributed by atoms with E-state index < -0.39 is 0 Å². The van der Waals surface area contributed by atoms with Crippen molar-refractivity contribution in [3.8, 4) is 5.92 Å². The van der Waals surface area contributed by atoms with Crippen molar-refractivity contribution in [1.82, 2.24) is 0 Å².